The van der Waals surface area contributed by atoms with Gasteiger partial charge in [-0.25, -0.2) is 9.07 Å². The zero-order valence-electron chi connectivity index (χ0n) is 13.7. The molecule has 0 bridgehead atoms. The maximum Gasteiger partial charge on any atom is 0.278 e. The number of aromatic hydroxyl groups is 1. The Bertz CT molecular complexity index is 778. The lowest BCUT2D eigenvalue weighted by Crippen LogP contribution is -2.35. The lowest BCUT2D eigenvalue weighted by atomic mass is 10.0. The van der Waals surface area contributed by atoms with Crippen molar-refractivity contribution in [3.05, 3.63) is 53.6 Å². The highest BCUT2D eigenvalue weighted by Crippen LogP contribution is 2.23. The van der Waals surface area contributed by atoms with Gasteiger partial charge in [0.2, 0.25) is 0 Å². The van der Waals surface area contributed by atoms with Gasteiger partial charge in [0.25, 0.3) is 5.91 Å². The first-order valence-corrected chi connectivity index (χ1v) is 7.98. The summed E-state index contributed by atoms with van der Waals surface area (Å²) in [6.07, 6.45) is 3.34. The second-order valence-corrected chi connectivity index (χ2v) is 6.22. The van der Waals surface area contributed by atoms with Crippen LogP contribution >= 0.6 is 0 Å². The molecule has 1 aliphatic rings. The van der Waals surface area contributed by atoms with Crippen molar-refractivity contribution in [1.82, 2.24) is 14.7 Å². The molecule has 1 aliphatic heterocycles. The molecule has 0 unspecified atom stereocenters. The van der Waals surface area contributed by atoms with Gasteiger partial charge in [-0.1, -0.05) is 26.0 Å². The van der Waals surface area contributed by atoms with Gasteiger partial charge in [-0.15, -0.1) is 0 Å². The SMILES string of the molecule is CC(C)c1ccc(-n2cc(O)c(C(=O)N3CCC=C(F)C3)n2)cc1. The molecular weight excluding hydrogens is 309 g/mol. The molecule has 1 amide bonds. The standard InChI is InChI=1S/C18H20FN3O2/c1-12(2)13-5-7-15(8-6-13)22-11-16(23)17(20-22)18(24)21-9-3-4-14(19)10-21/h4-8,11-12,23H,3,9-10H2,1-2H3. The van der Waals surface area contributed by atoms with Gasteiger partial charge in [0.1, 0.15) is 5.83 Å². The molecule has 1 N–H and O–H groups in total. The monoisotopic (exact) mass is 329 g/mol. The summed E-state index contributed by atoms with van der Waals surface area (Å²) in [5.41, 5.74) is 1.89. The minimum atomic E-state index is -0.465. The van der Waals surface area contributed by atoms with Crippen molar-refractivity contribution >= 4 is 5.91 Å². The zero-order valence-corrected chi connectivity index (χ0v) is 13.7. The number of aromatic nitrogens is 2. The van der Waals surface area contributed by atoms with Gasteiger partial charge in [0.15, 0.2) is 11.4 Å². The van der Waals surface area contributed by atoms with E-state index in [0.717, 1.165) is 5.69 Å². The number of hydrogen-bond acceptors (Lipinski definition) is 3. The van der Waals surface area contributed by atoms with E-state index in [9.17, 15) is 14.3 Å². The third-order valence-corrected chi connectivity index (χ3v) is 4.12. The molecule has 0 spiro atoms. The first-order chi connectivity index (χ1) is 11.5. The van der Waals surface area contributed by atoms with E-state index in [2.05, 4.69) is 18.9 Å². The molecule has 0 fully saturated rings. The molecule has 24 heavy (non-hydrogen) atoms. The summed E-state index contributed by atoms with van der Waals surface area (Å²) in [5, 5.41) is 14.3. The molecule has 126 valence electrons. The molecule has 5 nitrogen and oxygen atoms in total. The van der Waals surface area contributed by atoms with E-state index in [-0.39, 0.29) is 23.8 Å². The quantitative estimate of drug-likeness (QED) is 0.939. The van der Waals surface area contributed by atoms with Crippen molar-refractivity contribution < 1.29 is 14.3 Å². The summed E-state index contributed by atoms with van der Waals surface area (Å²) in [7, 11) is 0. The van der Waals surface area contributed by atoms with Crippen molar-refractivity contribution in [2.24, 2.45) is 0 Å². The summed E-state index contributed by atoms with van der Waals surface area (Å²) >= 11 is 0. The van der Waals surface area contributed by atoms with Crippen LogP contribution in [0.5, 0.6) is 5.75 Å². The van der Waals surface area contributed by atoms with Crippen molar-refractivity contribution in [3.63, 3.8) is 0 Å². The Kier molecular flexibility index (Phi) is 4.38. The van der Waals surface area contributed by atoms with Crippen molar-refractivity contribution in [3.8, 4) is 11.4 Å². The molecule has 2 aromatic rings. The van der Waals surface area contributed by atoms with Gasteiger partial charge < -0.3 is 10.0 Å². The minimum absolute atomic E-state index is 0.0577. The molecule has 0 atom stereocenters. The van der Waals surface area contributed by atoms with Crippen LogP contribution < -0.4 is 0 Å². The summed E-state index contributed by atoms with van der Waals surface area (Å²) in [4.78, 5) is 13.8. The largest absolute Gasteiger partial charge is 0.504 e. The summed E-state index contributed by atoms with van der Waals surface area (Å²) in [6, 6.07) is 7.76. The third kappa shape index (κ3) is 3.18. The van der Waals surface area contributed by atoms with Crippen LogP contribution in [0, 0.1) is 0 Å². The van der Waals surface area contributed by atoms with Crippen molar-refractivity contribution in [1.29, 1.82) is 0 Å². The van der Waals surface area contributed by atoms with Gasteiger partial charge in [-0.2, -0.15) is 5.10 Å². The van der Waals surface area contributed by atoms with Gasteiger partial charge in [-0.05, 0) is 36.1 Å². The van der Waals surface area contributed by atoms with E-state index in [1.165, 1.54) is 27.4 Å². The number of hydrogen-bond donors (Lipinski definition) is 1. The van der Waals surface area contributed by atoms with Crippen LogP contribution in [0.1, 0.15) is 42.2 Å². The molecule has 0 radical (unpaired) electrons. The summed E-state index contributed by atoms with van der Waals surface area (Å²) in [6.45, 7) is 4.56. The third-order valence-electron chi connectivity index (χ3n) is 4.12. The van der Waals surface area contributed by atoms with Crippen LogP contribution in [0.15, 0.2) is 42.4 Å². The van der Waals surface area contributed by atoms with E-state index >= 15 is 0 Å². The van der Waals surface area contributed by atoms with Crippen LogP contribution in [0.2, 0.25) is 0 Å². The van der Waals surface area contributed by atoms with Gasteiger partial charge in [0.05, 0.1) is 18.4 Å². The number of halogens is 1. The fourth-order valence-corrected chi connectivity index (χ4v) is 2.69. The normalized spacial score (nSPS) is 14.8. The number of rotatable bonds is 3. The molecular formula is C18H20FN3O2. The zero-order chi connectivity index (χ0) is 17.3. The van der Waals surface area contributed by atoms with Crippen LogP contribution in [0.25, 0.3) is 5.69 Å². The lowest BCUT2D eigenvalue weighted by molar-refractivity contribution is 0.0746. The molecule has 1 aromatic heterocycles. The first kappa shape index (κ1) is 16.2. The topological polar surface area (TPSA) is 58.4 Å². The Labute approximate surface area is 140 Å². The first-order valence-electron chi connectivity index (χ1n) is 7.98. The molecule has 1 aromatic carbocycles. The molecule has 0 aliphatic carbocycles. The molecule has 2 heterocycles. The van der Waals surface area contributed by atoms with Crippen LogP contribution in [0.4, 0.5) is 4.39 Å². The Morgan fingerprint density at radius 3 is 2.62 bits per heavy atom. The molecule has 0 saturated heterocycles. The number of carbonyl (C=O) groups is 1. The average Bonchev–Trinajstić information content (AvgIpc) is 2.96. The molecule has 6 heteroatoms. The van der Waals surface area contributed by atoms with Crippen molar-refractivity contribution in [2.75, 3.05) is 13.1 Å². The van der Waals surface area contributed by atoms with Gasteiger partial charge >= 0.3 is 0 Å². The minimum Gasteiger partial charge on any atom is -0.504 e. The molecule has 0 saturated carbocycles. The average molecular weight is 329 g/mol. The second kappa shape index (κ2) is 6.47. The van der Waals surface area contributed by atoms with Gasteiger partial charge in [-0.3, -0.25) is 4.79 Å². The van der Waals surface area contributed by atoms with E-state index in [1.54, 1.807) is 0 Å². The highest BCUT2D eigenvalue weighted by molar-refractivity contribution is 5.95. The Hall–Kier alpha value is -2.63. The number of amides is 1. The number of carbonyl (C=O) groups excluding carboxylic acids is 1. The van der Waals surface area contributed by atoms with Crippen LogP contribution in [-0.2, 0) is 0 Å². The lowest BCUT2D eigenvalue weighted by Gasteiger charge is -2.23. The highest BCUT2D eigenvalue weighted by Gasteiger charge is 2.25. The Morgan fingerprint density at radius 1 is 1.29 bits per heavy atom. The van der Waals surface area contributed by atoms with Crippen molar-refractivity contribution in [2.45, 2.75) is 26.2 Å². The van der Waals surface area contributed by atoms with E-state index in [0.29, 0.717) is 18.9 Å². The fourth-order valence-electron chi connectivity index (χ4n) is 2.69. The van der Waals surface area contributed by atoms with Gasteiger partial charge in [0, 0.05) is 6.54 Å². The summed E-state index contributed by atoms with van der Waals surface area (Å²) < 4.78 is 14.8. The predicted molar refractivity (Wildman–Crippen MR) is 89.0 cm³/mol. The van der Waals surface area contributed by atoms with Crippen LogP contribution in [-0.4, -0.2) is 38.8 Å². The molecule has 3 rings (SSSR count). The highest BCUT2D eigenvalue weighted by atomic mass is 19.1. The maximum atomic E-state index is 13.4. The Morgan fingerprint density at radius 2 is 2.00 bits per heavy atom. The summed E-state index contributed by atoms with van der Waals surface area (Å²) in [5.74, 6) is -0.585. The Balaban J connectivity index is 1.84. The number of benzene rings is 1. The predicted octanol–water partition coefficient (Wildman–Crippen LogP) is 3.40. The fraction of sp³-hybridized carbons (Fsp3) is 0.333. The van der Waals surface area contributed by atoms with Crippen LogP contribution in [0.3, 0.4) is 0 Å². The number of nitrogens with zero attached hydrogens (tertiary/aromatic N) is 3. The van der Waals surface area contributed by atoms with E-state index in [1.807, 2.05) is 24.3 Å². The van der Waals surface area contributed by atoms with E-state index in [4.69, 9.17) is 0 Å². The maximum absolute atomic E-state index is 13.4. The van der Waals surface area contributed by atoms with E-state index < -0.39 is 5.91 Å². The second-order valence-electron chi connectivity index (χ2n) is 6.22. The smallest absolute Gasteiger partial charge is 0.278 e.